The van der Waals surface area contributed by atoms with Gasteiger partial charge in [-0.3, -0.25) is 0 Å². The van der Waals surface area contributed by atoms with Crippen molar-refractivity contribution in [2.24, 2.45) is 0 Å². The van der Waals surface area contributed by atoms with Gasteiger partial charge in [0, 0.05) is 16.6 Å². The van der Waals surface area contributed by atoms with Crippen molar-refractivity contribution in [2.45, 2.75) is 24.8 Å². The van der Waals surface area contributed by atoms with Crippen molar-refractivity contribution in [3.8, 4) is 0 Å². The van der Waals surface area contributed by atoms with Gasteiger partial charge in [-0.2, -0.15) is 13.2 Å². The monoisotopic (exact) mass is 327 g/mol. The number of nitrogen functional groups attached to an aromatic ring is 1. The van der Waals surface area contributed by atoms with E-state index < -0.39 is 23.9 Å². The fourth-order valence-electron chi connectivity index (χ4n) is 1.50. The molecule has 0 aliphatic heterocycles. The maximum atomic E-state index is 12.4. The first-order valence-electron chi connectivity index (χ1n) is 5.16. The van der Waals surface area contributed by atoms with Crippen LogP contribution in [0.3, 0.4) is 0 Å². The van der Waals surface area contributed by atoms with Gasteiger partial charge < -0.3 is 15.9 Å². The van der Waals surface area contributed by atoms with Crippen LogP contribution in [-0.4, -0.2) is 21.6 Å². The van der Waals surface area contributed by atoms with E-state index in [2.05, 4.69) is 15.9 Å². The molecule has 0 aromatic heterocycles. The lowest BCUT2D eigenvalue weighted by atomic mass is 9.99. The number of aliphatic hydroxyl groups is 2. The predicted molar refractivity (Wildman–Crippen MR) is 65.2 cm³/mol. The van der Waals surface area contributed by atoms with Gasteiger partial charge in [-0.15, -0.1) is 0 Å². The summed E-state index contributed by atoms with van der Waals surface area (Å²) in [5, 5.41) is 19.8. The number of rotatable bonds is 4. The van der Waals surface area contributed by atoms with Gasteiger partial charge >= 0.3 is 6.18 Å². The summed E-state index contributed by atoms with van der Waals surface area (Å²) in [6.07, 6.45) is -6.60. The smallest absolute Gasteiger partial charge is 0.398 e. The van der Waals surface area contributed by atoms with Crippen LogP contribution in [0.15, 0.2) is 18.2 Å². The van der Waals surface area contributed by atoms with Crippen LogP contribution in [0.2, 0.25) is 0 Å². The summed E-state index contributed by atoms with van der Waals surface area (Å²) in [5.74, 6) is 0. The van der Waals surface area contributed by atoms with Gasteiger partial charge in [0.25, 0.3) is 0 Å². The molecule has 0 aliphatic carbocycles. The highest BCUT2D eigenvalue weighted by Gasteiger charge is 2.31. The number of nitrogens with two attached hydrogens (primary N) is 1. The average molecular weight is 328 g/mol. The van der Waals surface area contributed by atoms with E-state index in [1.807, 2.05) is 0 Å². The first-order chi connectivity index (χ1) is 8.27. The van der Waals surface area contributed by atoms with E-state index in [9.17, 15) is 23.4 Å². The largest absolute Gasteiger partial charge is 0.416 e. The highest BCUT2D eigenvalue weighted by atomic mass is 79.9. The minimum absolute atomic E-state index is 0.0939. The maximum absolute atomic E-state index is 12.4. The van der Waals surface area contributed by atoms with Crippen molar-refractivity contribution in [1.82, 2.24) is 0 Å². The third-order valence-electron chi connectivity index (χ3n) is 2.50. The minimum Gasteiger partial charge on any atom is -0.398 e. The van der Waals surface area contributed by atoms with Crippen molar-refractivity contribution < 1.29 is 23.4 Å². The lowest BCUT2D eigenvalue weighted by molar-refractivity contribution is -0.137. The number of hydrogen-bond acceptors (Lipinski definition) is 3. The number of anilines is 1. The molecule has 0 spiro atoms. The van der Waals surface area contributed by atoms with E-state index in [0.717, 1.165) is 18.2 Å². The molecule has 2 unspecified atom stereocenters. The molecule has 0 fully saturated rings. The Morgan fingerprint density at radius 2 is 1.89 bits per heavy atom. The van der Waals surface area contributed by atoms with Gasteiger partial charge in [0.2, 0.25) is 0 Å². The number of aliphatic hydroxyl groups excluding tert-OH is 2. The lowest BCUT2D eigenvalue weighted by Crippen LogP contribution is -2.20. The summed E-state index contributed by atoms with van der Waals surface area (Å²) in [6, 6.07) is 2.66. The first kappa shape index (κ1) is 15.3. The molecule has 0 radical (unpaired) electrons. The van der Waals surface area contributed by atoms with Gasteiger partial charge in [0.05, 0.1) is 11.7 Å². The molecular weight excluding hydrogens is 315 g/mol. The third-order valence-corrected chi connectivity index (χ3v) is 2.96. The van der Waals surface area contributed by atoms with Crippen LogP contribution in [0.5, 0.6) is 0 Å². The molecule has 1 rings (SSSR count). The molecule has 0 saturated heterocycles. The molecule has 0 amide bonds. The highest BCUT2D eigenvalue weighted by molar-refractivity contribution is 9.09. The lowest BCUT2D eigenvalue weighted by Gasteiger charge is -2.19. The van der Waals surface area contributed by atoms with E-state index >= 15 is 0 Å². The number of halogens is 4. The first-order valence-corrected chi connectivity index (χ1v) is 6.28. The van der Waals surface area contributed by atoms with Gasteiger partial charge in [0.1, 0.15) is 6.10 Å². The van der Waals surface area contributed by atoms with E-state index in [0.29, 0.717) is 5.33 Å². The molecule has 7 heteroatoms. The highest BCUT2D eigenvalue weighted by Crippen LogP contribution is 2.33. The van der Waals surface area contributed by atoms with Crippen molar-refractivity contribution in [3.05, 3.63) is 29.3 Å². The van der Waals surface area contributed by atoms with Gasteiger partial charge in [-0.05, 0) is 18.6 Å². The predicted octanol–water partition coefficient (Wildman–Crippen LogP) is 2.47. The fraction of sp³-hybridized carbons (Fsp3) is 0.455. The standard InChI is InChI=1S/C11H13BrF3NO2/c12-4-3-9(17)10(18)7-2-1-6(5-8(7)16)11(13,14)15/h1-2,5,9-10,17-18H,3-4,16H2. The van der Waals surface area contributed by atoms with E-state index in [1.54, 1.807) is 0 Å². The van der Waals surface area contributed by atoms with Crippen molar-refractivity contribution in [3.63, 3.8) is 0 Å². The van der Waals surface area contributed by atoms with Crippen LogP contribution in [0.4, 0.5) is 18.9 Å². The van der Waals surface area contributed by atoms with Crippen LogP contribution < -0.4 is 5.73 Å². The molecule has 18 heavy (non-hydrogen) atoms. The molecule has 0 heterocycles. The SMILES string of the molecule is Nc1cc(C(F)(F)F)ccc1C(O)C(O)CCBr. The van der Waals surface area contributed by atoms with Crippen LogP contribution in [0, 0.1) is 0 Å². The summed E-state index contributed by atoms with van der Waals surface area (Å²) in [6.45, 7) is 0. The Labute approximate surface area is 111 Å². The second kappa shape index (κ2) is 5.90. The molecule has 3 nitrogen and oxygen atoms in total. The quantitative estimate of drug-likeness (QED) is 0.588. The number of benzene rings is 1. The fourth-order valence-corrected chi connectivity index (χ4v) is 1.97. The zero-order valence-electron chi connectivity index (χ0n) is 9.28. The van der Waals surface area contributed by atoms with E-state index in [-0.39, 0.29) is 17.7 Å². The Kier molecular flexibility index (Phi) is 5.01. The number of alkyl halides is 4. The Balaban J connectivity index is 2.99. The maximum Gasteiger partial charge on any atom is 0.416 e. The summed E-state index contributed by atoms with van der Waals surface area (Å²) in [7, 11) is 0. The van der Waals surface area contributed by atoms with Crippen molar-refractivity contribution in [2.75, 3.05) is 11.1 Å². The van der Waals surface area contributed by atoms with E-state index in [4.69, 9.17) is 5.73 Å². The molecule has 1 aromatic rings. The van der Waals surface area contributed by atoms with E-state index in [1.165, 1.54) is 0 Å². The molecule has 0 saturated carbocycles. The van der Waals surface area contributed by atoms with Crippen molar-refractivity contribution in [1.29, 1.82) is 0 Å². The van der Waals surface area contributed by atoms with Crippen LogP contribution >= 0.6 is 15.9 Å². The van der Waals surface area contributed by atoms with Gasteiger partial charge in [-0.25, -0.2) is 0 Å². The molecule has 2 atom stereocenters. The normalized spacial score (nSPS) is 15.4. The zero-order chi connectivity index (χ0) is 13.9. The van der Waals surface area contributed by atoms with Crippen LogP contribution in [0.25, 0.3) is 0 Å². The summed E-state index contributed by atoms with van der Waals surface area (Å²) < 4.78 is 37.2. The Morgan fingerprint density at radius 3 is 2.33 bits per heavy atom. The zero-order valence-corrected chi connectivity index (χ0v) is 10.9. The summed E-state index contributed by atoms with van der Waals surface area (Å²) >= 11 is 3.10. The molecule has 4 N–H and O–H groups in total. The molecular formula is C11H13BrF3NO2. The molecule has 102 valence electrons. The molecule has 0 bridgehead atoms. The molecule has 1 aromatic carbocycles. The summed E-state index contributed by atoms with van der Waals surface area (Å²) in [4.78, 5) is 0. The minimum atomic E-state index is -4.48. The third kappa shape index (κ3) is 3.60. The topological polar surface area (TPSA) is 66.5 Å². The van der Waals surface area contributed by atoms with Crippen LogP contribution in [0.1, 0.15) is 23.7 Å². The molecule has 0 aliphatic rings. The number of hydrogen-bond donors (Lipinski definition) is 3. The summed E-state index contributed by atoms with van der Waals surface area (Å²) in [5.41, 5.74) is 4.49. The second-order valence-electron chi connectivity index (χ2n) is 3.83. The van der Waals surface area contributed by atoms with Gasteiger partial charge in [0.15, 0.2) is 0 Å². The Morgan fingerprint density at radius 1 is 1.28 bits per heavy atom. The van der Waals surface area contributed by atoms with Crippen LogP contribution in [-0.2, 0) is 6.18 Å². The average Bonchev–Trinajstić information content (AvgIpc) is 2.27. The Bertz CT molecular complexity index is 412. The Hall–Kier alpha value is -0.790. The van der Waals surface area contributed by atoms with Crippen molar-refractivity contribution >= 4 is 21.6 Å². The second-order valence-corrected chi connectivity index (χ2v) is 4.62. The van der Waals surface area contributed by atoms with Gasteiger partial charge in [-0.1, -0.05) is 22.0 Å².